The Hall–Kier alpha value is -3.38. The van der Waals surface area contributed by atoms with E-state index in [1.165, 1.54) is 48.7 Å². The highest BCUT2D eigenvalue weighted by Gasteiger charge is 2.31. The number of furan rings is 1. The Morgan fingerprint density at radius 1 is 1.18 bits per heavy atom. The largest absolute Gasteiger partial charge is 0.457 e. The van der Waals surface area contributed by atoms with Gasteiger partial charge in [-0.25, -0.2) is 9.18 Å². The van der Waals surface area contributed by atoms with Gasteiger partial charge in [0.05, 0.1) is 16.8 Å². The topological polar surface area (TPSA) is 65.7 Å². The van der Waals surface area contributed by atoms with Crippen molar-refractivity contribution in [2.75, 3.05) is 0 Å². The van der Waals surface area contributed by atoms with E-state index in [2.05, 4.69) is 0 Å². The molecule has 4 rings (SSSR count). The number of allylic oxidation sites excluding steroid dienone is 1. The predicted octanol–water partition coefficient (Wildman–Crippen LogP) is 5.22. The quantitative estimate of drug-likeness (QED) is 0.344. The van der Waals surface area contributed by atoms with Gasteiger partial charge in [-0.3, -0.25) is 4.79 Å². The van der Waals surface area contributed by atoms with E-state index in [0.29, 0.717) is 5.56 Å². The molecule has 3 aromatic rings. The Kier molecular flexibility index (Phi) is 4.49. The van der Waals surface area contributed by atoms with E-state index in [4.69, 9.17) is 25.5 Å². The molecule has 28 heavy (non-hydrogen) atoms. The second kappa shape index (κ2) is 6.98. The number of carbonyl (C=O) groups excluding carboxylic acids is 2. The zero-order chi connectivity index (χ0) is 19.8. The minimum absolute atomic E-state index is 0.0478. The molecule has 0 saturated carbocycles. The highest BCUT2D eigenvalue weighted by Crippen LogP contribution is 2.40. The van der Waals surface area contributed by atoms with Crippen molar-refractivity contribution in [1.29, 1.82) is 0 Å². The fourth-order valence-corrected chi connectivity index (χ4v) is 3.02. The van der Waals surface area contributed by atoms with Crippen molar-refractivity contribution in [2.45, 2.75) is 6.92 Å². The fourth-order valence-electron chi connectivity index (χ4n) is 2.80. The molecular weight excluding hydrogens is 387 g/mol. The lowest BCUT2D eigenvalue weighted by Gasteiger charge is -2.09. The molecule has 0 bridgehead atoms. The van der Waals surface area contributed by atoms with Gasteiger partial charge in [0.15, 0.2) is 5.76 Å². The van der Waals surface area contributed by atoms with Gasteiger partial charge in [-0.1, -0.05) is 17.7 Å². The van der Waals surface area contributed by atoms with Crippen molar-refractivity contribution >= 4 is 29.4 Å². The maximum Gasteiger partial charge on any atom is 0.379 e. The lowest BCUT2D eigenvalue weighted by Crippen LogP contribution is -2.08. The van der Waals surface area contributed by atoms with Crippen LogP contribution in [0.25, 0.3) is 6.08 Å². The van der Waals surface area contributed by atoms with Gasteiger partial charge in [-0.05, 0) is 49.4 Å². The number of esters is 1. The van der Waals surface area contributed by atoms with E-state index in [0.717, 1.165) is 0 Å². The molecule has 0 spiro atoms. The maximum absolute atomic E-state index is 14.0. The van der Waals surface area contributed by atoms with Gasteiger partial charge in [-0.2, -0.15) is 0 Å². The third kappa shape index (κ3) is 3.08. The number of carbonyl (C=O) groups is 2. The number of rotatable bonds is 3. The maximum atomic E-state index is 14.0. The predicted molar refractivity (Wildman–Crippen MR) is 99.2 cm³/mol. The Morgan fingerprint density at radius 3 is 2.71 bits per heavy atom. The third-order valence-electron chi connectivity index (χ3n) is 4.24. The molecule has 0 aliphatic carbocycles. The summed E-state index contributed by atoms with van der Waals surface area (Å²) in [7, 11) is 0. The molecular formula is C21H12ClFO5. The summed E-state index contributed by atoms with van der Waals surface area (Å²) in [5.74, 6) is -1.22. The molecule has 0 unspecified atom stereocenters. The first-order valence-corrected chi connectivity index (χ1v) is 8.61. The van der Waals surface area contributed by atoms with E-state index in [9.17, 15) is 14.0 Å². The number of hydrogen-bond donors (Lipinski definition) is 0. The van der Waals surface area contributed by atoms with E-state index >= 15 is 0 Å². The molecule has 1 aliphatic rings. The third-order valence-corrected chi connectivity index (χ3v) is 4.57. The second-order valence-corrected chi connectivity index (χ2v) is 6.41. The number of ether oxygens (including phenoxy) is 2. The van der Waals surface area contributed by atoms with Crippen molar-refractivity contribution in [1.82, 2.24) is 0 Å². The molecule has 0 atom stereocenters. The first-order valence-electron chi connectivity index (χ1n) is 8.23. The van der Waals surface area contributed by atoms with Crippen LogP contribution in [-0.4, -0.2) is 11.8 Å². The first kappa shape index (κ1) is 18.0. The van der Waals surface area contributed by atoms with Crippen molar-refractivity contribution < 1.29 is 27.9 Å². The van der Waals surface area contributed by atoms with Gasteiger partial charge in [0.1, 0.15) is 17.3 Å². The zero-order valence-corrected chi connectivity index (χ0v) is 15.2. The van der Waals surface area contributed by atoms with Gasteiger partial charge >= 0.3 is 5.97 Å². The van der Waals surface area contributed by atoms with Crippen LogP contribution in [0.15, 0.2) is 58.9 Å². The van der Waals surface area contributed by atoms with Crippen LogP contribution in [0.3, 0.4) is 0 Å². The molecule has 7 heteroatoms. The Bertz CT molecular complexity index is 1110. The monoisotopic (exact) mass is 398 g/mol. The van der Waals surface area contributed by atoms with Crippen LogP contribution >= 0.6 is 11.6 Å². The lowest BCUT2D eigenvalue weighted by atomic mass is 10.1. The number of fused-ring (bicyclic) bond motifs is 1. The Balaban J connectivity index is 1.67. The summed E-state index contributed by atoms with van der Waals surface area (Å²) in [6.07, 6.45) is 2.62. The highest BCUT2D eigenvalue weighted by atomic mass is 35.5. The molecule has 2 aromatic carbocycles. The molecule has 1 aromatic heterocycles. The highest BCUT2D eigenvalue weighted by molar-refractivity contribution is 6.32. The first-order chi connectivity index (χ1) is 13.5. The minimum atomic E-state index is -0.675. The number of ketones is 1. The van der Waals surface area contributed by atoms with Gasteiger partial charge < -0.3 is 13.9 Å². The molecule has 0 fully saturated rings. The molecule has 5 nitrogen and oxygen atoms in total. The van der Waals surface area contributed by atoms with Gasteiger partial charge in [0.25, 0.3) is 0 Å². The van der Waals surface area contributed by atoms with Crippen molar-refractivity contribution in [2.24, 2.45) is 0 Å². The van der Waals surface area contributed by atoms with E-state index in [1.807, 2.05) is 0 Å². The fraction of sp³-hybridized carbons (Fsp3) is 0.0476. The Morgan fingerprint density at radius 2 is 2.00 bits per heavy atom. The number of Topliss-reactive ketones (excluding diaryl/α,β-unsaturated/α-hetero) is 1. The smallest absolute Gasteiger partial charge is 0.379 e. The molecule has 2 heterocycles. The molecule has 0 radical (unpaired) electrons. The van der Waals surface area contributed by atoms with Gasteiger partial charge in [-0.15, -0.1) is 0 Å². The van der Waals surface area contributed by atoms with E-state index in [1.54, 1.807) is 13.0 Å². The Labute approximate surface area is 163 Å². The average molecular weight is 399 g/mol. The summed E-state index contributed by atoms with van der Waals surface area (Å²) in [5, 5.41) is 0.157. The summed E-state index contributed by atoms with van der Waals surface area (Å²) in [5.41, 5.74) is 0.797. The zero-order valence-electron chi connectivity index (χ0n) is 14.5. The molecule has 1 aliphatic heterocycles. The van der Waals surface area contributed by atoms with Crippen LogP contribution in [0.2, 0.25) is 5.02 Å². The lowest BCUT2D eigenvalue weighted by molar-refractivity contribution is 0.0700. The number of halogens is 2. The summed E-state index contributed by atoms with van der Waals surface area (Å²) >= 11 is 6.01. The average Bonchev–Trinajstić information content (AvgIpc) is 3.30. The molecule has 0 N–H and O–H groups in total. The minimum Gasteiger partial charge on any atom is -0.457 e. The summed E-state index contributed by atoms with van der Waals surface area (Å²) in [6, 6.07) is 10.2. The van der Waals surface area contributed by atoms with Crippen molar-refractivity contribution in [3.05, 3.63) is 87.8 Å². The van der Waals surface area contributed by atoms with Crippen molar-refractivity contribution in [3.8, 4) is 11.5 Å². The van der Waals surface area contributed by atoms with Crippen molar-refractivity contribution in [3.63, 3.8) is 0 Å². The van der Waals surface area contributed by atoms with Crippen LogP contribution in [-0.2, 0) is 0 Å². The second-order valence-electron chi connectivity index (χ2n) is 6.01. The standard InChI is InChI=1S/C21H12ClFO5/c1-11-16(28-21(25)17-6-3-9-26-17)8-7-12-19(24)18(27-20(11)12)10-13-14(22)4-2-5-15(13)23/h2-10H,1H3/b18-10-. The van der Waals surface area contributed by atoms with E-state index < -0.39 is 17.6 Å². The van der Waals surface area contributed by atoms with Crippen LogP contribution in [0, 0.1) is 12.7 Å². The molecule has 0 saturated heterocycles. The van der Waals surface area contributed by atoms with Crippen LogP contribution in [0.5, 0.6) is 11.5 Å². The summed E-state index contributed by atoms with van der Waals surface area (Å²) in [6.45, 7) is 1.65. The number of benzene rings is 2. The SMILES string of the molecule is Cc1c(OC(=O)c2ccco2)ccc2c1O/C(=C\c1c(F)cccc1Cl)C2=O. The van der Waals surface area contributed by atoms with Gasteiger partial charge in [0, 0.05) is 11.1 Å². The van der Waals surface area contributed by atoms with E-state index in [-0.39, 0.29) is 39.2 Å². The normalized spacial score (nSPS) is 14.1. The van der Waals surface area contributed by atoms with Crippen LogP contribution in [0.1, 0.15) is 32.0 Å². The molecule has 0 amide bonds. The van der Waals surface area contributed by atoms with Gasteiger partial charge in [0.2, 0.25) is 11.5 Å². The summed E-state index contributed by atoms with van der Waals surface area (Å²) in [4.78, 5) is 24.7. The van der Waals surface area contributed by atoms with Crippen LogP contribution < -0.4 is 9.47 Å². The summed E-state index contributed by atoms with van der Waals surface area (Å²) < 4.78 is 30.0. The molecule has 140 valence electrons. The van der Waals surface area contributed by atoms with Crippen LogP contribution in [0.4, 0.5) is 4.39 Å². The number of hydrogen-bond acceptors (Lipinski definition) is 5.